The number of ether oxygens (including phenoxy) is 1. The molecule has 1 aliphatic carbocycles. The van der Waals surface area contributed by atoms with Crippen molar-refractivity contribution in [1.82, 2.24) is 0 Å². The van der Waals surface area contributed by atoms with Crippen LogP contribution in [0.1, 0.15) is 24.2 Å². The molecule has 0 fully saturated rings. The lowest BCUT2D eigenvalue weighted by Crippen LogP contribution is -2.36. The topological polar surface area (TPSA) is 46.5 Å². The van der Waals surface area contributed by atoms with Crippen LogP contribution in [-0.4, -0.2) is 23.3 Å². The summed E-state index contributed by atoms with van der Waals surface area (Å²) in [5.74, 6) is -0.359. The molecular weight excluding hydrogens is 216 g/mol. The lowest BCUT2D eigenvalue weighted by atomic mass is 9.86. The molecule has 0 saturated carbocycles. The lowest BCUT2D eigenvalue weighted by Gasteiger charge is -2.29. The van der Waals surface area contributed by atoms with Crippen molar-refractivity contribution < 1.29 is 14.6 Å². The Hall–Kier alpha value is -1.61. The molecule has 1 aromatic rings. The third kappa shape index (κ3) is 2.24. The van der Waals surface area contributed by atoms with Crippen molar-refractivity contribution in [3.05, 3.63) is 48.0 Å². The molecule has 0 bridgehead atoms. The first kappa shape index (κ1) is 11.9. The molecule has 3 nitrogen and oxygen atoms in total. The zero-order valence-corrected chi connectivity index (χ0v) is 9.96. The Morgan fingerprint density at radius 3 is 2.41 bits per heavy atom. The molecule has 17 heavy (non-hydrogen) atoms. The van der Waals surface area contributed by atoms with Crippen LogP contribution in [-0.2, 0) is 4.74 Å². The highest BCUT2D eigenvalue weighted by molar-refractivity contribution is 5.89. The number of hydrogen-bond acceptors (Lipinski definition) is 3. The molecule has 0 aliphatic heterocycles. The molecule has 0 aromatic heterocycles. The number of rotatable bonds is 2. The minimum absolute atomic E-state index is 0.359. The van der Waals surface area contributed by atoms with Crippen molar-refractivity contribution in [2.45, 2.75) is 26.1 Å². The minimum atomic E-state index is -0.573. The van der Waals surface area contributed by atoms with Crippen molar-refractivity contribution in [3.63, 3.8) is 0 Å². The summed E-state index contributed by atoms with van der Waals surface area (Å²) in [4.78, 5) is 11.9. The molecule has 2 atom stereocenters. The van der Waals surface area contributed by atoms with Gasteiger partial charge >= 0.3 is 5.97 Å². The molecule has 1 aromatic carbocycles. The van der Waals surface area contributed by atoms with Crippen molar-refractivity contribution in [2.75, 3.05) is 0 Å². The average Bonchev–Trinajstić information content (AvgIpc) is 2.57. The quantitative estimate of drug-likeness (QED) is 0.628. The fourth-order valence-corrected chi connectivity index (χ4v) is 1.82. The summed E-state index contributed by atoms with van der Waals surface area (Å²) in [6.45, 7) is 3.75. The maximum absolute atomic E-state index is 11.9. The largest absolute Gasteiger partial charge is 0.454 e. The van der Waals surface area contributed by atoms with E-state index >= 15 is 0 Å². The van der Waals surface area contributed by atoms with E-state index in [9.17, 15) is 9.90 Å². The molecule has 90 valence electrons. The summed E-state index contributed by atoms with van der Waals surface area (Å²) < 4.78 is 5.40. The minimum Gasteiger partial charge on any atom is -0.454 e. The van der Waals surface area contributed by atoms with Crippen LogP contribution in [0.3, 0.4) is 0 Å². The molecule has 0 spiro atoms. The van der Waals surface area contributed by atoms with Gasteiger partial charge in [-0.05, 0) is 18.2 Å². The molecule has 0 heterocycles. The van der Waals surface area contributed by atoms with E-state index in [-0.39, 0.29) is 12.1 Å². The van der Waals surface area contributed by atoms with Crippen molar-refractivity contribution in [1.29, 1.82) is 0 Å². The van der Waals surface area contributed by atoms with E-state index in [0.29, 0.717) is 5.56 Å². The lowest BCUT2D eigenvalue weighted by molar-refractivity contribution is -0.0150. The van der Waals surface area contributed by atoms with Crippen LogP contribution in [0.25, 0.3) is 0 Å². The molecule has 1 N–H and O–H groups in total. The highest BCUT2D eigenvalue weighted by atomic mass is 16.5. The molecule has 2 rings (SSSR count). The number of esters is 1. The fraction of sp³-hybridized carbons (Fsp3) is 0.357. The second-order valence-electron chi connectivity index (χ2n) is 4.84. The molecule has 0 amide bonds. The summed E-state index contributed by atoms with van der Waals surface area (Å²) in [6.07, 6.45) is 2.45. The molecule has 1 aliphatic rings. The summed E-state index contributed by atoms with van der Waals surface area (Å²) >= 11 is 0. The SMILES string of the molecule is CC1(C)[C@@H](O)C=C[C@H]1OC(=O)c1ccccc1. The number of aliphatic hydroxyl groups is 1. The Morgan fingerprint density at radius 1 is 1.24 bits per heavy atom. The van der Waals surface area contributed by atoms with E-state index in [1.54, 1.807) is 36.4 Å². The van der Waals surface area contributed by atoms with Crippen molar-refractivity contribution >= 4 is 5.97 Å². The van der Waals surface area contributed by atoms with Gasteiger partial charge in [0, 0.05) is 5.41 Å². The van der Waals surface area contributed by atoms with E-state index < -0.39 is 11.5 Å². The van der Waals surface area contributed by atoms with Gasteiger partial charge in [0.25, 0.3) is 0 Å². The normalized spacial score (nSPS) is 25.8. The van der Waals surface area contributed by atoms with Crippen LogP contribution in [0.5, 0.6) is 0 Å². The third-order valence-electron chi connectivity index (χ3n) is 3.21. The number of hydrogen-bond donors (Lipinski definition) is 1. The van der Waals surface area contributed by atoms with E-state index in [0.717, 1.165) is 0 Å². The van der Waals surface area contributed by atoms with Crippen molar-refractivity contribution in [2.24, 2.45) is 5.41 Å². The van der Waals surface area contributed by atoms with Crippen LogP contribution in [0.15, 0.2) is 42.5 Å². The predicted octanol–water partition coefficient (Wildman–Crippen LogP) is 2.17. The number of carbonyl (C=O) groups is 1. The summed E-state index contributed by atoms with van der Waals surface area (Å²) in [5.41, 5.74) is 0.0582. The van der Waals surface area contributed by atoms with Crippen LogP contribution in [0.2, 0.25) is 0 Å². The van der Waals surface area contributed by atoms with E-state index in [4.69, 9.17) is 4.74 Å². The van der Waals surface area contributed by atoms with Gasteiger partial charge in [0.15, 0.2) is 0 Å². The van der Waals surface area contributed by atoms with E-state index in [1.165, 1.54) is 0 Å². The maximum Gasteiger partial charge on any atom is 0.338 e. The number of aliphatic hydroxyl groups excluding tert-OH is 1. The van der Waals surface area contributed by atoms with Gasteiger partial charge < -0.3 is 9.84 Å². The van der Waals surface area contributed by atoms with Gasteiger partial charge in [0.2, 0.25) is 0 Å². The van der Waals surface area contributed by atoms with Gasteiger partial charge in [0.05, 0.1) is 11.7 Å². The standard InChI is InChI=1S/C14H16O3/c1-14(2)11(15)8-9-12(14)17-13(16)10-6-4-3-5-7-10/h3-9,11-12,15H,1-2H3/t11-,12+/m0/s1. The maximum atomic E-state index is 11.9. The Bertz CT molecular complexity index is 434. The summed E-state index contributed by atoms with van der Waals surface area (Å²) in [5, 5.41) is 9.73. The fourth-order valence-electron chi connectivity index (χ4n) is 1.82. The highest BCUT2D eigenvalue weighted by Gasteiger charge is 2.40. The van der Waals surface area contributed by atoms with Crippen LogP contribution >= 0.6 is 0 Å². The van der Waals surface area contributed by atoms with Gasteiger partial charge in [-0.3, -0.25) is 0 Å². The van der Waals surface area contributed by atoms with Crippen LogP contribution in [0.4, 0.5) is 0 Å². The highest BCUT2D eigenvalue weighted by Crippen LogP contribution is 2.35. The van der Waals surface area contributed by atoms with Crippen LogP contribution < -0.4 is 0 Å². The zero-order valence-electron chi connectivity index (χ0n) is 9.96. The zero-order chi connectivity index (χ0) is 12.5. The van der Waals surface area contributed by atoms with Gasteiger partial charge in [-0.15, -0.1) is 0 Å². The van der Waals surface area contributed by atoms with Crippen LogP contribution in [0, 0.1) is 5.41 Å². The Labute approximate surface area is 101 Å². The van der Waals surface area contributed by atoms with Gasteiger partial charge in [0.1, 0.15) is 6.10 Å². The molecule has 0 unspecified atom stereocenters. The summed E-state index contributed by atoms with van der Waals surface area (Å²) in [6, 6.07) is 8.86. The molecule has 3 heteroatoms. The molecule has 0 saturated heterocycles. The third-order valence-corrected chi connectivity index (χ3v) is 3.21. The molecular formula is C14H16O3. The monoisotopic (exact) mass is 232 g/mol. The number of carbonyl (C=O) groups excluding carboxylic acids is 1. The van der Waals surface area contributed by atoms with Crippen molar-refractivity contribution in [3.8, 4) is 0 Å². The Balaban J connectivity index is 2.08. The summed E-state index contributed by atoms with van der Waals surface area (Å²) in [7, 11) is 0. The molecule has 0 radical (unpaired) electrons. The smallest absolute Gasteiger partial charge is 0.338 e. The first-order valence-electron chi connectivity index (χ1n) is 5.64. The van der Waals surface area contributed by atoms with Gasteiger partial charge in [-0.1, -0.05) is 38.1 Å². The average molecular weight is 232 g/mol. The first-order valence-corrected chi connectivity index (χ1v) is 5.64. The number of benzene rings is 1. The second-order valence-corrected chi connectivity index (χ2v) is 4.84. The van der Waals surface area contributed by atoms with E-state index in [1.807, 2.05) is 19.9 Å². The van der Waals surface area contributed by atoms with Gasteiger partial charge in [-0.25, -0.2) is 4.79 Å². The Morgan fingerprint density at radius 2 is 1.88 bits per heavy atom. The van der Waals surface area contributed by atoms with E-state index in [2.05, 4.69) is 0 Å². The predicted molar refractivity (Wildman–Crippen MR) is 64.6 cm³/mol. The first-order chi connectivity index (χ1) is 8.01. The second kappa shape index (κ2) is 4.34. The van der Waals surface area contributed by atoms with Gasteiger partial charge in [-0.2, -0.15) is 0 Å². The Kier molecular flexibility index (Phi) is 3.03.